The molecule has 0 saturated heterocycles. The first-order valence-corrected chi connectivity index (χ1v) is 3.52. The minimum absolute atomic E-state index is 0.0540. The Hall–Kier alpha value is -1.78. The van der Waals surface area contributed by atoms with E-state index in [0.717, 1.165) is 6.07 Å². The fourth-order valence-corrected chi connectivity index (χ4v) is 0.895. The Morgan fingerprint density at radius 1 is 1.62 bits per heavy atom. The van der Waals surface area contributed by atoms with E-state index < -0.39 is 4.92 Å². The first-order chi connectivity index (χ1) is 6.15. The molecule has 0 aliphatic carbocycles. The minimum atomic E-state index is -0.591. The monoisotopic (exact) mass is 198 g/mol. The topological polar surface area (TPSA) is 91.9 Å². The van der Waals surface area contributed by atoms with E-state index in [1.807, 2.05) is 0 Å². The number of nitro groups is 1. The predicted molar refractivity (Wildman–Crippen MR) is 46.9 cm³/mol. The van der Waals surface area contributed by atoms with Gasteiger partial charge < -0.3 is 0 Å². The molecule has 7 heteroatoms. The summed E-state index contributed by atoms with van der Waals surface area (Å²) in [5, 5.41) is 13.7. The smallest absolute Gasteiger partial charge is 0.258 e. The molecule has 66 valence electrons. The fraction of sp³-hybridized carbons (Fsp3) is 0. The van der Waals surface area contributed by atoms with Crippen molar-refractivity contribution in [2.45, 2.75) is 0 Å². The van der Waals surface area contributed by atoms with Gasteiger partial charge in [0.2, 0.25) is 0 Å². The van der Waals surface area contributed by atoms with Crippen LogP contribution in [0.25, 0.3) is 10.4 Å². The molecule has 0 bridgehead atoms. The molecule has 0 N–H and O–H groups in total. The van der Waals surface area contributed by atoms with Gasteiger partial charge in [-0.1, -0.05) is 16.7 Å². The second kappa shape index (κ2) is 3.75. The van der Waals surface area contributed by atoms with Crippen LogP contribution in [0.3, 0.4) is 0 Å². The summed E-state index contributed by atoms with van der Waals surface area (Å²) in [7, 11) is 0. The highest BCUT2D eigenvalue weighted by Gasteiger charge is 2.07. The van der Waals surface area contributed by atoms with Gasteiger partial charge in [0.25, 0.3) is 5.69 Å². The summed E-state index contributed by atoms with van der Waals surface area (Å²) < 4.78 is 0. The fourth-order valence-electron chi connectivity index (χ4n) is 0.739. The Morgan fingerprint density at radius 2 is 2.31 bits per heavy atom. The molecule has 0 fully saturated rings. The van der Waals surface area contributed by atoms with Gasteiger partial charge in [0.1, 0.15) is 0 Å². The first-order valence-electron chi connectivity index (χ1n) is 3.14. The van der Waals surface area contributed by atoms with E-state index in [0.29, 0.717) is 0 Å². The molecule has 0 unspecified atom stereocenters. The van der Waals surface area contributed by atoms with Gasteiger partial charge in [-0.2, -0.15) is 0 Å². The number of nitrogens with zero attached hydrogens (tertiary/aromatic N) is 4. The van der Waals surface area contributed by atoms with Gasteiger partial charge in [0.05, 0.1) is 15.6 Å². The van der Waals surface area contributed by atoms with E-state index in [1.54, 1.807) is 0 Å². The highest BCUT2D eigenvalue weighted by Crippen LogP contribution is 2.28. The van der Waals surface area contributed by atoms with Gasteiger partial charge in [-0.25, -0.2) is 0 Å². The zero-order valence-electron chi connectivity index (χ0n) is 6.22. The lowest BCUT2D eigenvalue weighted by Crippen LogP contribution is -1.86. The molecule has 13 heavy (non-hydrogen) atoms. The van der Waals surface area contributed by atoms with E-state index in [9.17, 15) is 10.1 Å². The number of hydrogen-bond donors (Lipinski definition) is 0. The summed E-state index contributed by atoms with van der Waals surface area (Å²) in [6.45, 7) is 0. The van der Waals surface area contributed by atoms with Crippen LogP contribution in [0.4, 0.5) is 11.4 Å². The van der Waals surface area contributed by atoms with Crippen LogP contribution < -0.4 is 0 Å². The van der Waals surface area contributed by atoms with Crippen LogP contribution in [-0.2, 0) is 0 Å². The van der Waals surface area contributed by atoms with Crippen molar-refractivity contribution in [3.8, 4) is 0 Å². The molecule has 0 saturated carbocycles. The zero-order valence-corrected chi connectivity index (χ0v) is 6.97. The summed E-state index contributed by atoms with van der Waals surface area (Å²) in [5.74, 6) is 0. The summed E-state index contributed by atoms with van der Waals surface area (Å²) in [5.41, 5.74) is 8.00. The number of benzene rings is 1. The van der Waals surface area contributed by atoms with Gasteiger partial charge >= 0.3 is 0 Å². The lowest BCUT2D eigenvalue weighted by molar-refractivity contribution is -0.384. The Labute approximate surface area is 77.5 Å². The Balaban J connectivity index is 3.26. The number of azide groups is 1. The second-order valence-corrected chi connectivity index (χ2v) is 2.49. The van der Waals surface area contributed by atoms with Crippen molar-refractivity contribution in [3.05, 3.63) is 43.8 Å². The molecule has 0 atom stereocenters. The summed E-state index contributed by atoms with van der Waals surface area (Å²) in [6, 6.07) is 3.66. The Kier molecular flexibility index (Phi) is 2.69. The van der Waals surface area contributed by atoms with Crippen LogP contribution in [-0.4, -0.2) is 4.92 Å². The molecule has 6 nitrogen and oxygen atoms in total. The van der Waals surface area contributed by atoms with Crippen molar-refractivity contribution in [2.75, 3.05) is 0 Å². The normalized spacial score (nSPS) is 9.00. The van der Waals surface area contributed by atoms with Crippen molar-refractivity contribution in [2.24, 2.45) is 5.11 Å². The predicted octanol–water partition coefficient (Wildman–Crippen LogP) is 3.19. The van der Waals surface area contributed by atoms with E-state index in [1.165, 1.54) is 12.1 Å². The van der Waals surface area contributed by atoms with Crippen molar-refractivity contribution in [1.82, 2.24) is 0 Å². The third-order valence-electron chi connectivity index (χ3n) is 1.29. The van der Waals surface area contributed by atoms with Crippen molar-refractivity contribution in [3.63, 3.8) is 0 Å². The Morgan fingerprint density at radius 3 is 2.85 bits per heavy atom. The highest BCUT2D eigenvalue weighted by atomic mass is 35.5. The third kappa shape index (κ3) is 2.08. The van der Waals surface area contributed by atoms with Gasteiger partial charge in [-0.3, -0.25) is 10.1 Å². The van der Waals surface area contributed by atoms with Crippen LogP contribution in [0, 0.1) is 10.1 Å². The van der Waals surface area contributed by atoms with Crippen molar-refractivity contribution >= 4 is 23.0 Å². The number of rotatable bonds is 2. The third-order valence-corrected chi connectivity index (χ3v) is 1.61. The molecule has 0 spiro atoms. The lowest BCUT2D eigenvalue weighted by Gasteiger charge is -1.95. The zero-order chi connectivity index (χ0) is 9.84. The number of halogens is 1. The minimum Gasteiger partial charge on any atom is -0.258 e. The van der Waals surface area contributed by atoms with Crippen molar-refractivity contribution in [1.29, 1.82) is 0 Å². The molecule has 0 aliphatic rings. The quantitative estimate of drug-likeness (QED) is 0.240. The molecular weight excluding hydrogens is 196 g/mol. The maximum absolute atomic E-state index is 10.3. The highest BCUT2D eigenvalue weighted by molar-refractivity contribution is 6.33. The summed E-state index contributed by atoms with van der Waals surface area (Å²) in [4.78, 5) is 12.2. The second-order valence-electron chi connectivity index (χ2n) is 2.08. The molecule has 1 rings (SSSR count). The van der Waals surface area contributed by atoms with Crippen LogP contribution in [0.5, 0.6) is 0 Å². The van der Waals surface area contributed by atoms with E-state index >= 15 is 0 Å². The Bertz CT molecular complexity index is 400. The van der Waals surface area contributed by atoms with Crippen LogP contribution in [0.1, 0.15) is 0 Å². The average Bonchev–Trinajstić information content (AvgIpc) is 2.08. The molecule has 1 aromatic carbocycles. The van der Waals surface area contributed by atoms with Gasteiger partial charge in [0.15, 0.2) is 0 Å². The summed E-state index contributed by atoms with van der Waals surface area (Å²) in [6.07, 6.45) is 0. The van der Waals surface area contributed by atoms with Gasteiger partial charge in [0, 0.05) is 17.0 Å². The molecule has 0 aromatic heterocycles. The van der Waals surface area contributed by atoms with Crippen LogP contribution in [0.2, 0.25) is 5.02 Å². The van der Waals surface area contributed by atoms with E-state index in [-0.39, 0.29) is 16.4 Å². The van der Waals surface area contributed by atoms with Gasteiger partial charge in [-0.15, -0.1) is 0 Å². The average molecular weight is 199 g/mol. The van der Waals surface area contributed by atoms with Gasteiger partial charge in [-0.05, 0) is 11.6 Å². The molecule has 0 radical (unpaired) electrons. The maximum atomic E-state index is 10.3. The van der Waals surface area contributed by atoms with Crippen LogP contribution >= 0.6 is 11.6 Å². The van der Waals surface area contributed by atoms with Crippen LogP contribution in [0.15, 0.2) is 23.3 Å². The maximum Gasteiger partial charge on any atom is 0.269 e. The molecule has 0 amide bonds. The summed E-state index contributed by atoms with van der Waals surface area (Å²) >= 11 is 5.59. The standard InChI is InChI=1S/C6H3ClN4O2/c7-5-2-1-4(11(12)13)3-6(5)9-10-8/h1-3H. The van der Waals surface area contributed by atoms with E-state index in [4.69, 9.17) is 17.1 Å². The van der Waals surface area contributed by atoms with E-state index in [2.05, 4.69) is 10.0 Å². The number of nitro benzene ring substituents is 1. The molecule has 1 aromatic rings. The molecule has 0 aliphatic heterocycles. The number of non-ortho nitro benzene ring substituents is 1. The SMILES string of the molecule is [N-]=[N+]=Nc1cc([N+](=O)[O-])ccc1Cl. The lowest BCUT2D eigenvalue weighted by atomic mass is 10.3. The van der Waals surface area contributed by atoms with Crippen molar-refractivity contribution < 1.29 is 4.92 Å². The number of hydrogen-bond acceptors (Lipinski definition) is 3. The first kappa shape index (κ1) is 9.31. The largest absolute Gasteiger partial charge is 0.269 e. The molecule has 0 heterocycles. The molecular formula is C6H3ClN4O2.